The first-order valence-electron chi connectivity index (χ1n) is 7.77. The van der Waals surface area contributed by atoms with E-state index >= 15 is 0 Å². The number of hydrogen-bond acceptors (Lipinski definition) is 4. The largest absolute Gasteiger partial charge is 0.369 e. The van der Waals surface area contributed by atoms with Gasteiger partial charge in [0.2, 0.25) is 0 Å². The Morgan fingerprint density at radius 3 is 2.57 bits per heavy atom. The van der Waals surface area contributed by atoms with Crippen molar-refractivity contribution in [2.75, 3.05) is 18.4 Å². The zero-order chi connectivity index (χ0) is 16.5. The lowest BCUT2D eigenvalue weighted by Crippen LogP contribution is -2.26. The van der Waals surface area contributed by atoms with Gasteiger partial charge in [0.1, 0.15) is 11.5 Å². The monoisotopic (exact) mass is 332 g/mol. The number of hydrogen-bond donors (Lipinski definition) is 2. The summed E-state index contributed by atoms with van der Waals surface area (Å²) in [6.07, 6.45) is 6.02. The number of aromatic nitrogens is 2. The van der Waals surface area contributed by atoms with Gasteiger partial charge >= 0.3 is 0 Å². The summed E-state index contributed by atoms with van der Waals surface area (Å²) >= 11 is 5.84. The maximum absolute atomic E-state index is 12.0. The Morgan fingerprint density at radius 2 is 1.91 bits per heavy atom. The van der Waals surface area contributed by atoms with Crippen molar-refractivity contribution in [1.82, 2.24) is 15.3 Å². The molecular formula is C17H21ClN4O. The van der Waals surface area contributed by atoms with Crippen LogP contribution in [-0.4, -0.2) is 29.0 Å². The van der Waals surface area contributed by atoms with Crippen LogP contribution in [0.15, 0.2) is 36.7 Å². The van der Waals surface area contributed by atoms with Crippen molar-refractivity contribution in [3.05, 3.63) is 52.9 Å². The Balaban J connectivity index is 1.77. The van der Waals surface area contributed by atoms with Crippen molar-refractivity contribution in [1.29, 1.82) is 0 Å². The van der Waals surface area contributed by atoms with Crippen LogP contribution in [0.5, 0.6) is 0 Å². The van der Waals surface area contributed by atoms with Gasteiger partial charge in [-0.1, -0.05) is 37.1 Å². The quantitative estimate of drug-likeness (QED) is 0.728. The Labute approximate surface area is 141 Å². The number of nitrogens with zero attached hydrogens (tertiary/aromatic N) is 2. The third-order valence-corrected chi connectivity index (χ3v) is 3.59. The first-order chi connectivity index (χ1) is 11.2. The first kappa shape index (κ1) is 17.2. The van der Waals surface area contributed by atoms with Crippen LogP contribution in [0.1, 0.15) is 35.8 Å². The summed E-state index contributed by atoms with van der Waals surface area (Å²) in [5.41, 5.74) is 1.44. The molecule has 0 saturated heterocycles. The van der Waals surface area contributed by atoms with Gasteiger partial charge in [-0.2, -0.15) is 0 Å². The predicted molar refractivity (Wildman–Crippen MR) is 92.9 cm³/mol. The number of unbranched alkanes of at least 4 members (excludes halogenated alkanes) is 1. The summed E-state index contributed by atoms with van der Waals surface area (Å²) in [7, 11) is 0. The van der Waals surface area contributed by atoms with Gasteiger partial charge in [-0.3, -0.25) is 4.79 Å². The highest BCUT2D eigenvalue weighted by atomic mass is 35.5. The molecule has 0 aliphatic heterocycles. The molecule has 2 N–H and O–H groups in total. The van der Waals surface area contributed by atoms with Crippen molar-refractivity contribution >= 4 is 23.3 Å². The molecule has 1 amide bonds. The molecule has 122 valence electrons. The molecule has 0 saturated carbocycles. The standard InChI is InChI=1S/C17H21ClN4O/c1-2-3-9-19-16-12-21-15(11-22-16)17(23)20-10-8-13-4-6-14(18)7-5-13/h4-7,11-12H,2-3,8-10H2,1H3,(H,19,22)(H,20,23). The van der Waals surface area contributed by atoms with Crippen molar-refractivity contribution in [2.45, 2.75) is 26.2 Å². The molecule has 2 rings (SSSR count). The van der Waals surface area contributed by atoms with E-state index < -0.39 is 0 Å². The highest BCUT2D eigenvalue weighted by Gasteiger charge is 2.07. The average Bonchev–Trinajstić information content (AvgIpc) is 2.57. The maximum Gasteiger partial charge on any atom is 0.271 e. The van der Waals surface area contributed by atoms with E-state index in [0.29, 0.717) is 23.1 Å². The zero-order valence-corrected chi connectivity index (χ0v) is 13.9. The number of rotatable bonds is 8. The third-order valence-electron chi connectivity index (χ3n) is 3.33. The molecule has 0 fully saturated rings. The van der Waals surface area contributed by atoms with Crippen LogP contribution in [0.2, 0.25) is 5.02 Å². The molecule has 0 unspecified atom stereocenters. The van der Waals surface area contributed by atoms with E-state index in [-0.39, 0.29) is 5.91 Å². The van der Waals surface area contributed by atoms with Gasteiger partial charge in [-0.25, -0.2) is 9.97 Å². The number of halogens is 1. The minimum atomic E-state index is -0.216. The van der Waals surface area contributed by atoms with E-state index in [0.717, 1.165) is 31.4 Å². The Kier molecular flexibility index (Phi) is 6.81. The lowest BCUT2D eigenvalue weighted by molar-refractivity contribution is 0.0949. The smallest absolute Gasteiger partial charge is 0.271 e. The van der Waals surface area contributed by atoms with E-state index in [1.807, 2.05) is 24.3 Å². The molecule has 2 aromatic rings. The lowest BCUT2D eigenvalue weighted by atomic mass is 10.1. The second-order valence-corrected chi connectivity index (χ2v) is 5.64. The van der Waals surface area contributed by atoms with E-state index in [1.54, 1.807) is 6.20 Å². The van der Waals surface area contributed by atoms with E-state index in [2.05, 4.69) is 27.5 Å². The molecule has 0 spiro atoms. The Bertz CT molecular complexity index is 613. The van der Waals surface area contributed by atoms with Crippen LogP contribution in [0.3, 0.4) is 0 Å². The maximum atomic E-state index is 12.0. The number of amides is 1. The highest BCUT2D eigenvalue weighted by Crippen LogP contribution is 2.09. The van der Waals surface area contributed by atoms with E-state index in [9.17, 15) is 4.79 Å². The van der Waals surface area contributed by atoms with E-state index in [1.165, 1.54) is 6.20 Å². The molecule has 0 aliphatic carbocycles. The molecule has 6 heteroatoms. The molecule has 1 heterocycles. The van der Waals surface area contributed by atoms with Crippen molar-refractivity contribution < 1.29 is 4.79 Å². The molecule has 0 bridgehead atoms. The van der Waals surface area contributed by atoms with Gasteiger partial charge in [0.15, 0.2) is 0 Å². The topological polar surface area (TPSA) is 66.9 Å². The van der Waals surface area contributed by atoms with Gasteiger partial charge in [0.25, 0.3) is 5.91 Å². The molecule has 23 heavy (non-hydrogen) atoms. The number of anilines is 1. The molecule has 1 aromatic heterocycles. The molecular weight excluding hydrogens is 312 g/mol. The lowest BCUT2D eigenvalue weighted by Gasteiger charge is -2.06. The number of carbonyl (C=O) groups excluding carboxylic acids is 1. The summed E-state index contributed by atoms with van der Waals surface area (Å²) in [6, 6.07) is 7.58. The molecule has 0 atom stereocenters. The fraction of sp³-hybridized carbons (Fsp3) is 0.353. The predicted octanol–water partition coefficient (Wildman–Crippen LogP) is 3.31. The van der Waals surface area contributed by atoms with Crippen molar-refractivity contribution in [2.24, 2.45) is 0 Å². The van der Waals surface area contributed by atoms with Crippen LogP contribution in [0, 0.1) is 0 Å². The van der Waals surface area contributed by atoms with Crippen molar-refractivity contribution in [3.63, 3.8) is 0 Å². The van der Waals surface area contributed by atoms with Gasteiger partial charge in [-0.05, 0) is 30.5 Å². The fourth-order valence-electron chi connectivity index (χ4n) is 1.99. The molecule has 5 nitrogen and oxygen atoms in total. The summed E-state index contributed by atoms with van der Waals surface area (Å²) < 4.78 is 0. The summed E-state index contributed by atoms with van der Waals surface area (Å²) in [4.78, 5) is 20.3. The van der Waals surface area contributed by atoms with Crippen molar-refractivity contribution in [3.8, 4) is 0 Å². The summed E-state index contributed by atoms with van der Waals surface area (Å²) in [6.45, 7) is 3.53. The molecule has 1 aromatic carbocycles. The van der Waals surface area contributed by atoms with Crippen LogP contribution >= 0.6 is 11.6 Å². The van der Waals surface area contributed by atoms with Crippen LogP contribution in [0.25, 0.3) is 0 Å². The molecule has 0 radical (unpaired) electrons. The highest BCUT2D eigenvalue weighted by molar-refractivity contribution is 6.30. The van der Waals surface area contributed by atoms with Crippen LogP contribution < -0.4 is 10.6 Å². The average molecular weight is 333 g/mol. The minimum absolute atomic E-state index is 0.216. The number of carbonyl (C=O) groups is 1. The number of nitrogens with one attached hydrogen (secondary N) is 2. The van der Waals surface area contributed by atoms with Gasteiger partial charge in [-0.15, -0.1) is 0 Å². The van der Waals surface area contributed by atoms with E-state index in [4.69, 9.17) is 11.6 Å². The Hall–Kier alpha value is -2.14. The van der Waals surface area contributed by atoms with Gasteiger partial charge in [0, 0.05) is 18.1 Å². The first-order valence-corrected chi connectivity index (χ1v) is 8.15. The normalized spacial score (nSPS) is 10.3. The van der Waals surface area contributed by atoms with Crippen LogP contribution in [0.4, 0.5) is 5.82 Å². The second-order valence-electron chi connectivity index (χ2n) is 5.20. The SMILES string of the molecule is CCCCNc1cnc(C(=O)NCCc2ccc(Cl)cc2)cn1. The van der Waals surface area contributed by atoms with Crippen LogP contribution in [-0.2, 0) is 6.42 Å². The van der Waals surface area contributed by atoms with Gasteiger partial charge < -0.3 is 10.6 Å². The Morgan fingerprint density at radius 1 is 1.13 bits per heavy atom. The summed E-state index contributed by atoms with van der Waals surface area (Å²) in [5, 5.41) is 6.71. The van der Waals surface area contributed by atoms with Gasteiger partial charge in [0.05, 0.1) is 12.4 Å². The fourth-order valence-corrected chi connectivity index (χ4v) is 2.12. The summed E-state index contributed by atoms with van der Waals surface area (Å²) in [5.74, 6) is 0.475. The third kappa shape index (κ3) is 5.87. The molecule has 0 aliphatic rings. The minimum Gasteiger partial charge on any atom is -0.369 e. The number of benzene rings is 1. The zero-order valence-electron chi connectivity index (χ0n) is 13.2. The second kappa shape index (κ2) is 9.10.